The SMILES string of the molecule is [N-]=[N+]=NC(COCc1ccccc1)C1CCN(Cc2ccccc2)C1. The normalized spacial score (nSPS) is 18.6. The van der Waals surface area contributed by atoms with Crippen molar-refractivity contribution in [2.45, 2.75) is 25.6 Å². The molecule has 1 heterocycles. The molecule has 1 fully saturated rings. The van der Waals surface area contributed by atoms with Crippen molar-refractivity contribution in [2.24, 2.45) is 11.0 Å². The number of rotatable bonds is 8. The second kappa shape index (κ2) is 9.23. The van der Waals surface area contributed by atoms with E-state index in [0.29, 0.717) is 19.1 Å². The Hall–Kier alpha value is -2.33. The maximum absolute atomic E-state index is 8.90. The third kappa shape index (κ3) is 5.33. The fourth-order valence-electron chi connectivity index (χ4n) is 3.36. The van der Waals surface area contributed by atoms with Gasteiger partial charge in [0, 0.05) is 18.0 Å². The molecule has 2 atom stereocenters. The van der Waals surface area contributed by atoms with Gasteiger partial charge in [-0.2, -0.15) is 0 Å². The van der Waals surface area contributed by atoms with Crippen LogP contribution in [0.25, 0.3) is 10.4 Å². The zero-order valence-corrected chi connectivity index (χ0v) is 14.4. The zero-order chi connectivity index (χ0) is 17.3. The Bertz CT molecular complexity index is 685. The molecule has 2 unspecified atom stereocenters. The van der Waals surface area contributed by atoms with E-state index in [2.05, 4.69) is 39.2 Å². The molecule has 5 nitrogen and oxygen atoms in total. The number of benzene rings is 2. The number of ether oxygens (including phenoxy) is 1. The van der Waals surface area contributed by atoms with Crippen LogP contribution in [0.2, 0.25) is 0 Å². The summed E-state index contributed by atoms with van der Waals surface area (Å²) in [5.74, 6) is 0.357. The van der Waals surface area contributed by atoms with Crippen LogP contribution in [0.1, 0.15) is 17.5 Å². The van der Waals surface area contributed by atoms with E-state index in [-0.39, 0.29) is 6.04 Å². The fourth-order valence-corrected chi connectivity index (χ4v) is 3.36. The molecule has 1 aliphatic heterocycles. The van der Waals surface area contributed by atoms with E-state index >= 15 is 0 Å². The molecule has 130 valence electrons. The van der Waals surface area contributed by atoms with Gasteiger partial charge in [-0.25, -0.2) is 0 Å². The van der Waals surface area contributed by atoms with E-state index in [1.165, 1.54) is 5.56 Å². The summed E-state index contributed by atoms with van der Waals surface area (Å²) in [6.45, 7) is 3.97. The summed E-state index contributed by atoms with van der Waals surface area (Å²) in [6.07, 6.45) is 1.05. The lowest BCUT2D eigenvalue weighted by molar-refractivity contribution is 0.0936. The van der Waals surface area contributed by atoms with Crippen molar-refractivity contribution in [3.05, 3.63) is 82.2 Å². The van der Waals surface area contributed by atoms with Crippen LogP contribution >= 0.6 is 0 Å². The van der Waals surface area contributed by atoms with Crippen molar-refractivity contribution < 1.29 is 4.74 Å². The van der Waals surface area contributed by atoms with Crippen LogP contribution in [0.4, 0.5) is 0 Å². The van der Waals surface area contributed by atoms with Crippen molar-refractivity contribution in [1.82, 2.24) is 4.90 Å². The first-order valence-electron chi connectivity index (χ1n) is 8.77. The van der Waals surface area contributed by atoms with E-state index in [1.54, 1.807) is 0 Å². The highest BCUT2D eigenvalue weighted by molar-refractivity contribution is 5.15. The first-order valence-corrected chi connectivity index (χ1v) is 8.77. The Morgan fingerprint density at radius 1 is 1.08 bits per heavy atom. The Morgan fingerprint density at radius 2 is 1.76 bits per heavy atom. The fraction of sp³-hybridized carbons (Fsp3) is 0.400. The van der Waals surface area contributed by atoms with E-state index in [1.807, 2.05) is 36.4 Å². The lowest BCUT2D eigenvalue weighted by Gasteiger charge is -2.20. The Morgan fingerprint density at radius 3 is 2.44 bits per heavy atom. The van der Waals surface area contributed by atoms with Gasteiger partial charge in [-0.1, -0.05) is 65.8 Å². The molecule has 25 heavy (non-hydrogen) atoms. The molecular formula is C20H24N4O. The Labute approximate surface area is 148 Å². The van der Waals surface area contributed by atoms with Crippen LogP contribution < -0.4 is 0 Å². The third-order valence-corrected chi connectivity index (χ3v) is 4.70. The minimum Gasteiger partial charge on any atom is -0.376 e. The number of azide groups is 1. The van der Waals surface area contributed by atoms with Gasteiger partial charge in [-0.3, -0.25) is 4.90 Å². The predicted molar refractivity (Wildman–Crippen MR) is 98.9 cm³/mol. The molecule has 3 rings (SSSR count). The van der Waals surface area contributed by atoms with Crippen molar-refractivity contribution >= 4 is 0 Å². The van der Waals surface area contributed by atoms with Crippen molar-refractivity contribution in [3.63, 3.8) is 0 Å². The summed E-state index contributed by atoms with van der Waals surface area (Å²) >= 11 is 0. The monoisotopic (exact) mass is 336 g/mol. The van der Waals surface area contributed by atoms with Crippen LogP contribution in [0.3, 0.4) is 0 Å². The molecule has 0 radical (unpaired) electrons. The summed E-state index contributed by atoms with van der Waals surface area (Å²) in [6, 6.07) is 20.5. The Kier molecular flexibility index (Phi) is 6.46. The van der Waals surface area contributed by atoms with E-state index < -0.39 is 0 Å². The molecule has 0 bridgehead atoms. The molecule has 1 aliphatic rings. The minimum absolute atomic E-state index is 0.102. The first-order chi connectivity index (χ1) is 12.3. The van der Waals surface area contributed by atoms with E-state index in [0.717, 1.165) is 31.6 Å². The smallest absolute Gasteiger partial charge is 0.0717 e. The van der Waals surface area contributed by atoms with Crippen LogP contribution in [0.5, 0.6) is 0 Å². The predicted octanol–water partition coefficient (Wildman–Crippen LogP) is 4.40. The quantitative estimate of drug-likeness (QED) is 0.407. The highest BCUT2D eigenvalue weighted by Crippen LogP contribution is 2.24. The average Bonchev–Trinajstić information content (AvgIpc) is 3.11. The molecule has 2 aromatic rings. The second-order valence-electron chi connectivity index (χ2n) is 6.54. The lowest BCUT2D eigenvalue weighted by atomic mass is 10.0. The van der Waals surface area contributed by atoms with Crippen molar-refractivity contribution in [2.75, 3.05) is 19.7 Å². The van der Waals surface area contributed by atoms with Crippen LogP contribution in [0, 0.1) is 5.92 Å². The molecule has 0 saturated carbocycles. The lowest BCUT2D eigenvalue weighted by Crippen LogP contribution is -2.27. The molecule has 0 spiro atoms. The molecule has 0 aromatic heterocycles. The summed E-state index contributed by atoms with van der Waals surface area (Å²) < 4.78 is 5.82. The van der Waals surface area contributed by atoms with Gasteiger partial charge in [0.2, 0.25) is 0 Å². The highest BCUT2D eigenvalue weighted by atomic mass is 16.5. The maximum atomic E-state index is 8.90. The molecule has 0 N–H and O–H groups in total. The summed E-state index contributed by atoms with van der Waals surface area (Å²) in [5.41, 5.74) is 11.4. The van der Waals surface area contributed by atoms with Crippen molar-refractivity contribution in [3.8, 4) is 0 Å². The van der Waals surface area contributed by atoms with Gasteiger partial charge in [0.05, 0.1) is 19.3 Å². The largest absolute Gasteiger partial charge is 0.376 e. The highest BCUT2D eigenvalue weighted by Gasteiger charge is 2.29. The summed E-state index contributed by atoms with van der Waals surface area (Å²) in [4.78, 5) is 5.47. The van der Waals surface area contributed by atoms with Gasteiger partial charge in [-0.15, -0.1) is 0 Å². The Balaban J connectivity index is 1.50. The number of nitrogens with zero attached hydrogens (tertiary/aromatic N) is 4. The molecule has 0 aliphatic carbocycles. The number of likely N-dealkylation sites (tertiary alicyclic amines) is 1. The average molecular weight is 336 g/mol. The van der Waals surface area contributed by atoms with Gasteiger partial charge in [0.15, 0.2) is 0 Å². The molecular weight excluding hydrogens is 312 g/mol. The van der Waals surface area contributed by atoms with Crippen LogP contribution in [0.15, 0.2) is 65.8 Å². The maximum Gasteiger partial charge on any atom is 0.0717 e. The van der Waals surface area contributed by atoms with Gasteiger partial charge in [0.1, 0.15) is 0 Å². The second-order valence-corrected chi connectivity index (χ2v) is 6.54. The molecule has 2 aromatic carbocycles. The van der Waals surface area contributed by atoms with Gasteiger partial charge >= 0.3 is 0 Å². The minimum atomic E-state index is -0.102. The van der Waals surface area contributed by atoms with Crippen LogP contribution in [-0.2, 0) is 17.9 Å². The molecule has 1 saturated heterocycles. The van der Waals surface area contributed by atoms with Gasteiger partial charge in [-0.05, 0) is 35.5 Å². The summed E-state index contributed by atoms with van der Waals surface area (Å²) in [7, 11) is 0. The number of hydrogen-bond donors (Lipinski definition) is 0. The topological polar surface area (TPSA) is 61.2 Å². The molecule has 5 heteroatoms. The summed E-state index contributed by atoms with van der Waals surface area (Å²) in [5, 5.41) is 4.01. The first kappa shape index (κ1) is 17.5. The standard InChI is InChI=1S/C20H24N4O/c21-23-22-20(16-25-15-18-9-5-2-6-10-18)19-11-12-24(14-19)13-17-7-3-1-4-8-17/h1-10,19-20H,11-16H2. The van der Waals surface area contributed by atoms with Gasteiger partial charge in [0.25, 0.3) is 0 Å². The zero-order valence-electron chi connectivity index (χ0n) is 14.4. The van der Waals surface area contributed by atoms with E-state index in [9.17, 15) is 0 Å². The third-order valence-electron chi connectivity index (χ3n) is 4.70. The van der Waals surface area contributed by atoms with E-state index in [4.69, 9.17) is 10.3 Å². The van der Waals surface area contributed by atoms with Crippen molar-refractivity contribution in [1.29, 1.82) is 0 Å². The van der Waals surface area contributed by atoms with Gasteiger partial charge < -0.3 is 4.74 Å². The number of hydrogen-bond acceptors (Lipinski definition) is 3. The van der Waals surface area contributed by atoms with Crippen LogP contribution in [-0.4, -0.2) is 30.6 Å². The molecule has 0 amide bonds.